The van der Waals surface area contributed by atoms with Crippen molar-refractivity contribution in [2.75, 3.05) is 25.1 Å². The first-order valence-corrected chi connectivity index (χ1v) is 7.68. The molecule has 0 aliphatic rings. The number of para-hydroxylation sites is 1. The van der Waals surface area contributed by atoms with Crippen molar-refractivity contribution in [2.45, 2.75) is 19.2 Å². The lowest BCUT2D eigenvalue weighted by Crippen LogP contribution is -2.26. The van der Waals surface area contributed by atoms with Gasteiger partial charge in [0.05, 0.1) is 12.5 Å². The fraction of sp³-hybridized carbons (Fsp3) is 0.333. The topological polar surface area (TPSA) is 12.5 Å². The molecule has 0 bridgehead atoms. The average Bonchev–Trinajstić information content (AvgIpc) is 2.53. The molecule has 0 aliphatic heterocycles. The normalized spacial score (nSPS) is 12.0. The Bertz CT molecular complexity index is 571. The van der Waals surface area contributed by atoms with Crippen LogP contribution in [0.1, 0.15) is 23.4 Å². The Balaban J connectivity index is 2.12. The van der Waals surface area contributed by atoms with E-state index < -0.39 is 0 Å². The first-order chi connectivity index (χ1) is 10.2. The Morgan fingerprint density at radius 3 is 2.43 bits per heavy atom. The molecule has 2 aromatic rings. The highest BCUT2D eigenvalue weighted by atomic mass is 35.5. The molecule has 0 amide bonds. The molecule has 1 unspecified atom stereocenters. The maximum absolute atomic E-state index is 6.61. The van der Waals surface area contributed by atoms with Gasteiger partial charge in [0.2, 0.25) is 0 Å². The second-order valence-electron chi connectivity index (χ2n) is 5.07. The van der Waals surface area contributed by atoms with Crippen LogP contribution in [0.15, 0.2) is 48.5 Å². The summed E-state index contributed by atoms with van der Waals surface area (Å²) in [6, 6.07) is 16.5. The van der Waals surface area contributed by atoms with E-state index in [4.69, 9.17) is 16.3 Å². The van der Waals surface area contributed by atoms with Gasteiger partial charge in [0.1, 0.15) is 5.75 Å². The van der Waals surface area contributed by atoms with Crippen molar-refractivity contribution in [3.8, 4) is 5.75 Å². The Kier molecular flexibility index (Phi) is 5.51. The molecule has 0 aliphatic carbocycles. The molecule has 0 radical (unpaired) electrons. The Labute approximate surface area is 132 Å². The van der Waals surface area contributed by atoms with Crippen LogP contribution in [0.25, 0.3) is 0 Å². The van der Waals surface area contributed by atoms with Crippen molar-refractivity contribution in [2.24, 2.45) is 0 Å². The molecule has 2 nitrogen and oxygen atoms in total. The van der Waals surface area contributed by atoms with E-state index in [1.807, 2.05) is 25.1 Å². The van der Waals surface area contributed by atoms with E-state index in [0.717, 1.165) is 30.0 Å². The van der Waals surface area contributed by atoms with Gasteiger partial charge in [-0.1, -0.05) is 30.3 Å². The Hall–Kier alpha value is -1.67. The standard InChI is InChI=1S/C18H22ClNO/c1-4-20(16-8-6-5-7-9-16)13-17(19)15-10-11-18(21-3)14(2)12-15/h5-12,17H,4,13H2,1-3H3. The van der Waals surface area contributed by atoms with Gasteiger partial charge in [-0.3, -0.25) is 0 Å². The van der Waals surface area contributed by atoms with Crippen LogP contribution in [0, 0.1) is 6.92 Å². The maximum atomic E-state index is 6.61. The lowest BCUT2D eigenvalue weighted by Gasteiger charge is -2.26. The van der Waals surface area contributed by atoms with Gasteiger partial charge in [-0.05, 0) is 43.2 Å². The molecule has 0 saturated heterocycles. The minimum absolute atomic E-state index is 0.0465. The van der Waals surface area contributed by atoms with E-state index in [-0.39, 0.29) is 5.38 Å². The van der Waals surface area contributed by atoms with E-state index in [2.05, 4.69) is 42.2 Å². The van der Waals surface area contributed by atoms with Crippen LogP contribution in [0.4, 0.5) is 5.69 Å². The second kappa shape index (κ2) is 7.37. The molecule has 0 heterocycles. The highest BCUT2D eigenvalue weighted by Gasteiger charge is 2.14. The van der Waals surface area contributed by atoms with Crippen LogP contribution < -0.4 is 9.64 Å². The first-order valence-electron chi connectivity index (χ1n) is 7.24. The molecule has 3 heteroatoms. The molecular formula is C18H22ClNO. The number of aryl methyl sites for hydroxylation is 1. The number of likely N-dealkylation sites (N-methyl/N-ethyl adjacent to an activating group) is 1. The zero-order valence-corrected chi connectivity index (χ0v) is 13.6. The van der Waals surface area contributed by atoms with Crippen molar-refractivity contribution in [3.05, 3.63) is 59.7 Å². The summed E-state index contributed by atoms with van der Waals surface area (Å²) in [6.45, 7) is 5.91. The van der Waals surface area contributed by atoms with Crippen LogP contribution in [0.2, 0.25) is 0 Å². The molecule has 0 fully saturated rings. The number of ether oxygens (including phenoxy) is 1. The molecule has 2 aromatic carbocycles. The van der Waals surface area contributed by atoms with Gasteiger partial charge in [-0.2, -0.15) is 0 Å². The molecule has 0 spiro atoms. The minimum Gasteiger partial charge on any atom is -0.496 e. The summed E-state index contributed by atoms with van der Waals surface area (Å²) < 4.78 is 5.30. The van der Waals surface area contributed by atoms with Gasteiger partial charge >= 0.3 is 0 Å². The van der Waals surface area contributed by atoms with Crippen molar-refractivity contribution < 1.29 is 4.74 Å². The van der Waals surface area contributed by atoms with Crippen LogP contribution in [-0.4, -0.2) is 20.2 Å². The largest absolute Gasteiger partial charge is 0.496 e. The van der Waals surface area contributed by atoms with E-state index in [1.54, 1.807) is 7.11 Å². The molecule has 2 rings (SSSR count). The van der Waals surface area contributed by atoms with Gasteiger partial charge in [0.15, 0.2) is 0 Å². The molecule has 0 aromatic heterocycles. The zero-order valence-electron chi connectivity index (χ0n) is 12.8. The SMILES string of the molecule is CCN(CC(Cl)c1ccc(OC)c(C)c1)c1ccccc1. The highest BCUT2D eigenvalue weighted by molar-refractivity contribution is 6.21. The van der Waals surface area contributed by atoms with Gasteiger partial charge in [0.25, 0.3) is 0 Å². The van der Waals surface area contributed by atoms with E-state index in [1.165, 1.54) is 5.69 Å². The van der Waals surface area contributed by atoms with Crippen molar-refractivity contribution >= 4 is 17.3 Å². The summed E-state index contributed by atoms with van der Waals surface area (Å²) in [5.74, 6) is 0.901. The highest BCUT2D eigenvalue weighted by Crippen LogP contribution is 2.28. The first kappa shape index (κ1) is 15.7. The number of anilines is 1. The summed E-state index contributed by atoms with van der Waals surface area (Å²) in [5, 5.41) is -0.0465. The van der Waals surface area contributed by atoms with E-state index in [0.29, 0.717) is 0 Å². The summed E-state index contributed by atoms with van der Waals surface area (Å²) in [7, 11) is 1.69. The molecule has 0 N–H and O–H groups in total. The number of benzene rings is 2. The van der Waals surface area contributed by atoms with Gasteiger partial charge in [0, 0.05) is 18.8 Å². The average molecular weight is 304 g/mol. The third-order valence-electron chi connectivity index (χ3n) is 3.66. The van der Waals surface area contributed by atoms with E-state index >= 15 is 0 Å². The van der Waals surface area contributed by atoms with Gasteiger partial charge in [-0.25, -0.2) is 0 Å². The van der Waals surface area contributed by atoms with Crippen molar-refractivity contribution in [1.82, 2.24) is 0 Å². The summed E-state index contributed by atoms with van der Waals surface area (Å²) in [4.78, 5) is 2.29. The van der Waals surface area contributed by atoms with Crippen molar-refractivity contribution in [1.29, 1.82) is 0 Å². The van der Waals surface area contributed by atoms with Gasteiger partial charge < -0.3 is 9.64 Å². The van der Waals surface area contributed by atoms with Crippen LogP contribution in [-0.2, 0) is 0 Å². The van der Waals surface area contributed by atoms with Gasteiger partial charge in [-0.15, -0.1) is 11.6 Å². The Morgan fingerprint density at radius 2 is 1.86 bits per heavy atom. The number of methoxy groups -OCH3 is 1. The lowest BCUT2D eigenvalue weighted by atomic mass is 10.1. The summed E-state index contributed by atoms with van der Waals surface area (Å²) in [6.07, 6.45) is 0. The summed E-state index contributed by atoms with van der Waals surface area (Å²) >= 11 is 6.61. The molecule has 112 valence electrons. The van der Waals surface area contributed by atoms with Crippen LogP contribution >= 0.6 is 11.6 Å². The number of halogens is 1. The molecular weight excluding hydrogens is 282 g/mol. The fourth-order valence-electron chi connectivity index (χ4n) is 2.45. The fourth-order valence-corrected chi connectivity index (χ4v) is 2.75. The number of alkyl halides is 1. The number of hydrogen-bond acceptors (Lipinski definition) is 2. The third kappa shape index (κ3) is 3.92. The molecule has 1 atom stereocenters. The smallest absolute Gasteiger partial charge is 0.121 e. The van der Waals surface area contributed by atoms with Crippen LogP contribution in [0.5, 0.6) is 5.75 Å². The molecule has 21 heavy (non-hydrogen) atoms. The second-order valence-corrected chi connectivity index (χ2v) is 5.60. The monoisotopic (exact) mass is 303 g/mol. The Morgan fingerprint density at radius 1 is 1.14 bits per heavy atom. The molecule has 0 saturated carbocycles. The van der Waals surface area contributed by atoms with E-state index in [9.17, 15) is 0 Å². The maximum Gasteiger partial charge on any atom is 0.121 e. The third-order valence-corrected chi connectivity index (χ3v) is 4.05. The zero-order chi connectivity index (χ0) is 15.2. The van der Waals surface area contributed by atoms with Crippen molar-refractivity contribution in [3.63, 3.8) is 0 Å². The summed E-state index contributed by atoms with van der Waals surface area (Å²) in [5.41, 5.74) is 3.45. The lowest BCUT2D eigenvalue weighted by molar-refractivity contribution is 0.411. The number of hydrogen-bond donors (Lipinski definition) is 0. The number of nitrogens with zero attached hydrogens (tertiary/aromatic N) is 1. The quantitative estimate of drug-likeness (QED) is 0.710. The number of rotatable bonds is 6. The minimum atomic E-state index is -0.0465. The van der Waals surface area contributed by atoms with Crippen LogP contribution in [0.3, 0.4) is 0 Å². The predicted octanol–water partition coefficient (Wildman–Crippen LogP) is 4.81. The predicted molar refractivity (Wildman–Crippen MR) is 90.7 cm³/mol.